The number of rotatable bonds is 2. The van der Waals surface area contributed by atoms with Crippen molar-refractivity contribution in [1.29, 1.82) is 0 Å². The van der Waals surface area contributed by atoms with E-state index in [0.717, 1.165) is 31.8 Å². The van der Waals surface area contributed by atoms with Crippen molar-refractivity contribution in [2.75, 3.05) is 26.2 Å². The van der Waals surface area contributed by atoms with E-state index in [4.69, 9.17) is 4.74 Å². The maximum atomic E-state index is 5.53. The van der Waals surface area contributed by atoms with E-state index in [2.05, 4.69) is 18.4 Å². The number of hydrogen-bond acceptors (Lipinski definition) is 2. The van der Waals surface area contributed by atoms with Crippen LogP contribution in [0.3, 0.4) is 0 Å². The SMILES string of the molecule is C=C(C)[C@H]1CN(CC)CCO1. The van der Waals surface area contributed by atoms with Crippen LogP contribution in [0.2, 0.25) is 0 Å². The van der Waals surface area contributed by atoms with E-state index in [0.29, 0.717) is 0 Å². The van der Waals surface area contributed by atoms with Crippen LogP contribution in [-0.4, -0.2) is 37.2 Å². The van der Waals surface area contributed by atoms with Crippen LogP contribution >= 0.6 is 0 Å². The van der Waals surface area contributed by atoms with Gasteiger partial charge in [-0.2, -0.15) is 0 Å². The number of nitrogens with zero attached hydrogens (tertiary/aromatic N) is 1. The molecule has 2 heteroatoms. The largest absolute Gasteiger partial charge is 0.371 e. The first-order chi connectivity index (χ1) is 5.24. The minimum Gasteiger partial charge on any atom is -0.371 e. The van der Waals surface area contributed by atoms with Gasteiger partial charge in [0.25, 0.3) is 0 Å². The second-order valence-electron chi connectivity index (χ2n) is 3.10. The van der Waals surface area contributed by atoms with Crippen molar-refractivity contribution >= 4 is 0 Å². The normalized spacial score (nSPS) is 26.9. The highest BCUT2D eigenvalue weighted by atomic mass is 16.5. The lowest BCUT2D eigenvalue weighted by Gasteiger charge is -2.32. The van der Waals surface area contributed by atoms with Crippen molar-refractivity contribution in [3.05, 3.63) is 12.2 Å². The quantitative estimate of drug-likeness (QED) is 0.557. The molecule has 11 heavy (non-hydrogen) atoms. The highest BCUT2D eigenvalue weighted by molar-refractivity contribution is 5.00. The predicted molar refractivity (Wildman–Crippen MR) is 46.7 cm³/mol. The number of ether oxygens (including phenoxy) is 1. The van der Waals surface area contributed by atoms with Crippen LogP contribution in [0.15, 0.2) is 12.2 Å². The van der Waals surface area contributed by atoms with E-state index in [1.165, 1.54) is 0 Å². The Morgan fingerprint density at radius 1 is 1.73 bits per heavy atom. The van der Waals surface area contributed by atoms with E-state index in [-0.39, 0.29) is 6.10 Å². The van der Waals surface area contributed by atoms with Crippen LogP contribution < -0.4 is 0 Å². The third-order valence-electron chi connectivity index (χ3n) is 2.15. The summed E-state index contributed by atoms with van der Waals surface area (Å²) in [6, 6.07) is 0. The Morgan fingerprint density at radius 3 is 3.00 bits per heavy atom. The lowest BCUT2D eigenvalue weighted by atomic mass is 10.1. The molecule has 1 aliphatic rings. The van der Waals surface area contributed by atoms with Crippen molar-refractivity contribution in [3.8, 4) is 0 Å². The summed E-state index contributed by atoms with van der Waals surface area (Å²) < 4.78 is 5.53. The summed E-state index contributed by atoms with van der Waals surface area (Å²) in [6.45, 7) is 12.2. The Hall–Kier alpha value is -0.340. The Balaban J connectivity index is 2.39. The van der Waals surface area contributed by atoms with E-state index < -0.39 is 0 Å². The maximum absolute atomic E-state index is 5.53. The average molecular weight is 155 g/mol. The summed E-state index contributed by atoms with van der Waals surface area (Å²) in [7, 11) is 0. The lowest BCUT2D eigenvalue weighted by molar-refractivity contribution is -0.00682. The van der Waals surface area contributed by atoms with Crippen molar-refractivity contribution in [1.82, 2.24) is 4.90 Å². The Bertz CT molecular complexity index is 144. The van der Waals surface area contributed by atoms with Gasteiger partial charge >= 0.3 is 0 Å². The van der Waals surface area contributed by atoms with Gasteiger partial charge in [0.1, 0.15) is 0 Å². The van der Waals surface area contributed by atoms with Crippen LogP contribution in [0.5, 0.6) is 0 Å². The van der Waals surface area contributed by atoms with Gasteiger partial charge in [-0.3, -0.25) is 4.90 Å². The molecule has 0 aromatic rings. The summed E-state index contributed by atoms with van der Waals surface area (Å²) in [5, 5.41) is 0. The average Bonchev–Trinajstić information content (AvgIpc) is 2.05. The highest BCUT2D eigenvalue weighted by Gasteiger charge is 2.18. The fourth-order valence-corrected chi connectivity index (χ4v) is 1.29. The molecule has 1 fully saturated rings. The molecule has 2 nitrogen and oxygen atoms in total. The molecule has 1 rings (SSSR count). The molecule has 1 heterocycles. The Kier molecular flexibility index (Phi) is 3.09. The molecule has 0 bridgehead atoms. The molecule has 0 radical (unpaired) electrons. The van der Waals surface area contributed by atoms with Crippen molar-refractivity contribution < 1.29 is 4.74 Å². The minimum absolute atomic E-state index is 0.267. The zero-order valence-electron chi connectivity index (χ0n) is 7.47. The van der Waals surface area contributed by atoms with Gasteiger partial charge in [0.2, 0.25) is 0 Å². The minimum atomic E-state index is 0.267. The number of morpholine rings is 1. The molecule has 0 saturated carbocycles. The first kappa shape index (κ1) is 8.75. The van der Waals surface area contributed by atoms with E-state index in [9.17, 15) is 0 Å². The first-order valence-corrected chi connectivity index (χ1v) is 4.23. The molecule has 0 aliphatic carbocycles. The van der Waals surface area contributed by atoms with Crippen LogP contribution in [0, 0.1) is 0 Å². The van der Waals surface area contributed by atoms with Crippen LogP contribution in [0.4, 0.5) is 0 Å². The van der Waals surface area contributed by atoms with Crippen molar-refractivity contribution in [2.45, 2.75) is 20.0 Å². The van der Waals surface area contributed by atoms with Gasteiger partial charge in [-0.1, -0.05) is 19.1 Å². The lowest BCUT2D eigenvalue weighted by Crippen LogP contribution is -2.42. The van der Waals surface area contributed by atoms with Gasteiger partial charge in [0.15, 0.2) is 0 Å². The molecule has 0 aromatic heterocycles. The van der Waals surface area contributed by atoms with Crippen LogP contribution in [0.25, 0.3) is 0 Å². The number of likely N-dealkylation sites (N-methyl/N-ethyl adjacent to an activating group) is 1. The van der Waals surface area contributed by atoms with E-state index in [1.807, 2.05) is 6.92 Å². The predicted octanol–water partition coefficient (Wildman–Crippen LogP) is 1.28. The van der Waals surface area contributed by atoms with Crippen molar-refractivity contribution in [3.63, 3.8) is 0 Å². The van der Waals surface area contributed by atoms with Crippen LogP contribution in [0.1, 0.15) is 13.8 Å². The standard InChI is InChI=1S/C9H17NO/c1-4-10-5-6-11-9(7-10)8(2)3/h9H,2,4-7H2,1,3H3/t9-/m1/s1. The van der Waals surface area contributed by atoms with Gasteiger partial charge in [-0.05, 0) is 13.5 Å². The second-order valence-corrected chi connectivity index (χ2v) is 3.10. The van der Waals surface area contributed by atoms with Crippen molar-refractivity contribution in [2.24, 2.45) is 0 Å². The molecule has 0 unspecified atom stereocenters. The molecule has 0 N–H and O–H groups in total. The topological polar surface area (TPSA) is 12.5 Å². The maximum Gasteiger partial charge on any atom is 0.0907 e. The zero-order chi connectivity index (χ0) is 8.27. The first-order valence-electron chi connectivity index (χ1n) is 4.23. The number of hydrogen-bond donors (Lipinski definition) is 0. The van der Waals surface area contributed by atoms with Gasteiger partial charge in [-0.25, -0.2) is 0 Å². The fourth-order valence-electron chi connectivity index (χ4n) is 1.29. The van der Waals surface area contributed by atoms with Gasteiger partial charge in [0.05, 0.1) is 12.7 Å². The molecule has 1 aliphatic heterocycles. The third-order valence-corrected chi connectivity index (χ3v) is 2.15. The third kappa shape index (κ3) is 2.31. The smallest absolute Gasteiger partial charge is 0.0907 e. The molecular weight excluding hydrogens is 138 g/mol. The fraction of sp³-hybridized carbons (Fsp3) is 0.778. The van der Waals surface area contributed by atoms with Gasteiger partial charge in [0, 0.05) is 13.1 Å². The van der Waals surface area contributed by atoms with Crippen LogP contribution in [-0.2, 0) is 4.74 Å². The highest BCUT2D eigenvalue weighted by Crippen LogP contribution is 2.10. The molecule has 0 amide bonds. The molecule has 1 saturated heterocycles. The van der Waals surface area contributed by atoms with E-state index >= 15 is 0 Å². The molecular formula is C9H17NO. The summed E-state index contributed by atoms with van der Waals surface area (Å²) in [6.07, 6.45) is 0.267. The summed E-state index contributed by atoms with van der Waals surface area (Å²) >= 11 is 0. The monoisotopic (exact) mass is 155 g/mol. The molecule has 64 valence electrons. The van der Waals surface area contributed by atoms with E-state index in [1.54, 1.807) is 0 Å². The van der Waals surface area contributed by atoms with Gasteiger partial charge in [-0.15, -0.1) is 0 Å². The summed E-state index contributed by atoms with van der Waals surface area (Å²) in [4.78, 5) is 2.39. The zero-order valence-corrected chi connectivity index (χ0v) is 7.47. The molecule has 0 spiro atoms. The summed E-state index contributed by atoms with van der Waals surface area (Å²) in [5.74, 6) is 0. The Morgan fingerprint density at radius 2 is 2.45 bits per heavy atom. The second kappa shape index (κ2) is 3.88. The Labute approximate surface area is 68.8 Å². The molecule has 0 aromatic carbocycles. The van der Waals surface area contributed by atoms with Gasteiger partial charge < -0.3 is 4.74 Å². The molecule has 1 atom stereocenters. The summed E-state index contributed by atoms with van der Waals surface area (Å²) in [5.41, 5.74) is 1.14.